The molecule has 0 aromatic heterocycles. The van der Waals surface area contributed by atoms with Crippen LogP contribution < -0.4 is 10.1 Å². The van der Waals surface area contributed by atoms with Crippen molar-refractivity contribution in [2.24, 2.45) is 5.92 Å². The lowest BCUT2D eigenvalue weighted by atomic mass is 10.2. The first-order chi connectivity index (χ1) is 13.9. The van der Waals surface area contributed by atoms with E-state index in [1.54, 1.807) is 4.90 Å². The summed E-state index contributed by atoms with van der Waals surface area (Å²) >= 11 is 6.60. The normalized spacial score (nSPS) is 16.4. The van der Waals surface area contributed by atoms with E-state index in [0.29, 0.717) is 23.3 Å². The van der Waals surface area contributed by atoms with Gasteiger partial charge in [0.05, 0.1) is 5.25 Å². The van der Waals surface area contributed by atoms with E-state index in [4.69, 9.17) is 17.0 Å². The zero-order valence-electron chi connectivity index (χ0n) is 16.5. The Hall–Kier alpha value is -2.38. The van der Waals surface area contributed by atoms with Crippen molar-refractivity contribution >= 4 is 40.1 Å². The molecular weight excluding hydrogens is 404 g/mol. The molecule has 1 atom stereocenters. The molecule has 1 saturated heterocycles. The number of thiocarbonyl (C=S) groups is 1. The third-order valence-corrected chi connectivity index (χ3v) is 5.90. The molecule has 152 valence electrons. The molecule has 0 radical (unpaired) electrons. The molecule has 29 heavy (non-hydrogen) atoms. The van der Waals surface area contributed by atoms with Gasteiger partial charge in [0.15, 0.2) is 0 Å². The number of para-hydroxylation sites is 1. The highest BCUT2D eigenvalue weighted by Crippen LogP contribution is 2.30. The first kappa shape index (κ1) is 21.3. The second-order valence-corrected chi connectivity index (χ2v) is 9.09. The Labute approximate surface area is 180 Å². The van der Waals surface area contributed by atoms with Crippen LogP contribution in [0.15, 0.2) is 54.6 Å². The quantitative estimate of drug-likeness (QED) is 0.633. The Bertz CT molecular complexity index is 869. The van der Waals surface area contributed by atoms with E-state index in [2.05, 4.69) is 5.32 Å². The van der Waals surface area contributed by atoms with Crippen LogP contribution in [0, 0.1) is 5.92 Å². The molecule has 0 bridgehead atoms. The van der Waals surface area contributed by atoms with Gasteiger partial charge in [-0.25, -0.2) is 0 Å². The van der Waals surface area contributed by atoms with E-state index in [-0.39, 0.29) is 18.2 Å². The number of ether oxygens (including phenoxy) is 1. The van der Waals surface area contributed by atoms with Crippen LogP contribution in [-0.4, -0.2) is 32.8 Å². The molecule has 7 heteroatoms. The van der Waals surface area contributed by atoms with Crippen LogP contribution in [0.4, 0.5) is 0 Å². The zero-order chi connectivity index (χ0) is 20.8. The fourth-order valence-electron chi connectivity index (χ4n) is 2.90. The molecule has 2 aromatic rings. The Morgan fingerprint density at radius 1 is 1.14 bits per heavy atom. The molecular formula is C22H24N2O3S2. The third kappa shape index (κ3) is 6.05. The number of carbonyl (C=O) groups is 2. The minimum Gasteiger partial charge on any atom is -0.457 e. The number of hydrogen-bond donors (Lipinski definition) is 1. The molecule has 1 fully saturated rings. The summed E-state index contributed by atoms with van der Waals surface area (Å²) in [5.74, 6) is 1.62. The van der Waals surface area contributed by atoms with E-state index >= 15 is 0 Å². The Morgan fingerprint density at radius 2 is 1.79 bits per heavy atom. The molecule has 1 N–H and O–H groups in total. The highest BCUT2D eigenvalue weighted by Gasteiger charge is 2.38. The summed E-state index contributed by atoms with van der Waals surface area (Å²) in [6.45, 7) is 5.07. The molecule has 2 aromatic carbocycles. The number of rotatable bonds is 8. The first-order valence-electron chi connectivity index (χ1n) is 9.53. The van der Waals surface area contributed by atoms with E-state index < -0.39 is 5.25 Å². The van der Waals surface area contributed by atoms with Crippen molar-refractivity contribution in [3.63, 3.8) is 0 Å². The lowest BCUT2D eigenvalue weighted by molar-refractivity contribution is -0.129. The number of hydrogen-bond acceptors (Lipinski definition) is 5. The number of amides is 2. The first-order valence-corrected chi connectivity index (χ1v) is 10.8. The average molecular weight is 429 g/mol. The Kier molecular flexibility index (Phi) is 7.28. The fourth-order valence-corrected chi connectivity index (χ4v) is 4.41. The summed E-state index contributed by atoms with van der Waals surface area (Å²) in [4.78, 5) is 26.4. The standard InChI is InChI=1S/C22H24N2O3S2/c1-15(2)14-24-21(26)19(29-22(24)28)12-20(25)23-13-16-8-10-18(11-9-16)27-17-6-4-3-5-7-17/h3-11,15,19H,12-14H2,1-2H3,(H,23,25). The van der Waals surface area contributed by atoms with E-state index in [0.717, 1.165) is 17.1 Å². The maximum absolute atomic E-state index is 12.5. The predicted octanol–water partition coefficient (Wildman–Crippen LogP) is 4.37. The van der Waals surface area contributed by atoms with Crippen LogP contribution >= 0.6 is 24.0 Å². The van der Waals surface area contributed by atoms with E-state index in [1.165, 1.54) is 11.8 Å². The van der Waals surface area contributed by atoms with Crippen LogP contribution in [0.25, 0.3) is 0 Å². The molecule has 0 saturated carbocycles. The molecule has 2 amide bonds. The van der Waals surface area contributed by atoms with Crippen molar-refractivity contribution in [1.29, 1.82) is 0 Å². The van der Waals surface area contributed by atoms with Gasteiger partial charge >= 0.3 is 0 Å². The summed E-state index contributed by atoms with van der Waals surface area (Å²) in [7, 11) is 0. The monoisotopic (exact) mass is 428 g/mol. The second-order valence-electron chi connectivity index (χ2n) is 7.26. The van der Waals surface area contributed by atoms with Gasteiger partial charge in [0, 0.05) is 19.5 Å². The molecule has 5 nitrogen and oxygen atoms in total. The summed E-state index contributed by atoms with van der Waals surface area (Å²) in [5.41, 5.74) is 0.959. The van der Waals surface area contributed by atoms with Crippen LogP contribution in [-0.2, 0) is 16.1 Å². The van der Waals surface area contributed by atoms with Gasteiger partial charge in [0.2, 0.25) is 11.8 Å². The molecule has 3 rings (SSSR count). The zero-order valence-corrected chi connectivity index (χ0v) is 18.1. The summed E-state index contributed by atoms with van der Waals surface area (Å²) in [5, 5.41) is 2.45. The van der Waals surface area contributed by atoms with Gasteiger partial charge in [-0.2, -0.15) is 0 Å². The maximum Gasteiger partial charge on any atom is 0.242 e. The molecule has 1 aliphatic rings. The maximum atomic E-state index is 12.5. The summed E-state index contributed by atoms with van der Waals surface area (Å²) in [6, 6.07) is 17.1. The van der Waals surface area contributed by atoms with Gasteiger partial charge in [0.25, 0.3) is 0 Å². The third-order valence-electron chi connectivity index (χ3n) is 4.32. The van der Waals surface area contributed by atoms with Crippen LogP contribution in [0.2, 0.25) is 0 Å². The number of nitrogens with one attached hydrogen (secondary N) is 1. The Balaban J connectivity index is 1.47. The smallest absolute Gasteiger partial charge is 0.242 e. The number of nitrogens with zero attached hydrogens (tertiary/aromatic N) is 1. The molecule has 0 aliphatic carbocycles. The highest BCUT2D eigenvalue weighted by atomic mass is 32.2. The van der Waals surface area contributed by atoms with Gasteiger partial charge in [-0.05, 0) is 35.7 Å². The van der Waals surface area contributed by atoms with Gasteiger partial charge in [-0.1, -0.05) is 68.2 Å². The molecule has 0 spiro atoms. The Morgan fingerprint density at radius 3 is 2.45 bits per heavy atom. The average Bonchev–Trinajstić information content (AvgIpc) is 2.95. The van der Waals surface area contributed by atoms with Gasteiger partial charge in [-0.15, -0.1) is 0 Å². The van der Waals surface area contributed by atoms with Crippen molar-refractivity contribution < 1.29 is 14.3 Å². The molecule has 1 heterocycles. The SMILES string of the molecule is CC(C)CN1C(=O)C(CC(=O)NCc2ccc(Oc3ccccc3)cc2)SC1=S. The lowest BCUT2D eigenvalue weighted by Crippen LogP contribution is -2.36. The predicted molar refractivity (Wildman–Crippen MR) is 120 cm³/mol. The van der Waals surface area contributed by atoms with E-state index in [1.807, 2.05) is 68.4 Å². The van der Waals surface area contributed by atoms with Crippen molar-refractivity contribution in [3.05, 3.63) is 60.2 Å². The largest absolute Gasteiger partial charge is 0.457 e. The van der Waals surface area contributed by atoms with E-state index in [9.17, 15) is 9.59 Å². The highest BCUT2D eigenvalue weighted by molar-refractivity contribution is 8.24. The lowest BCUT2D eigenvalue weighted by Gasteiger charge is -2.17. The second kappa shape index (κ2) is 9.89. The minimum absolute atomic E-state index is 0.0636. The van der Waals surface area contributed by atoms with Crippen LogP contribution in [0.1, 0.15) is 25.8 Å². The van der Waals surface area contributed by atoms with Gasteiger partial charge in [-0.3, -0.25) is 14.5 Å². The van der Waals surface area contributed by atoms with Gasteiger partial charge in [0.1, 0.15) is 15.8 Å². The van der Waals surface area contributed by atoms with Gasteiger partial charge < -0.3 is 10.1 Å². The fraction of sp³-hybridized carbons (Fsp3) is 0.318. The van der Waals surface area contributed by atoms with Crippen LogP contribution in [0.5, 0.6) is 11.5 Å². The number of thioether (sulfide) groups is 1. The van der Waals surface area contributed by atoms with Crippen LogP contribution in [0.3, 0.4) is 0 Å². The number of benzene rings is 2. The molecule has 1 aliphatic heterocycles. The topological polar surface area (TPSA) is 58.6 Å². The summed E-state index contributed by atoms with van der Waals surface area (Å²) in [6.07, 6.45) is 0.132. The summed E-state index contributed by atoms with van der Waals surface area (Å²) < 4.78 is 6.33. The minimum atomic E-state index is -0.428. The molecule has 1 unspecified atom stereocenters. The van der Waals surface area contributed by atoms with Crippen molar-refractivity contribution in [2.45, 2.75) is 32.1 Å². The van der Waals surface area contributed by atoms with Crippen molar-refractivity contribution in [2.75, 3.05) is 6.54 Å². The van der Waals surface area contributed by atoms with Crippen molar-refractivity contribution in [3.8, 4) is 11.5 Å². The van der Waals surface area contributed by atoms with Crippen molar-refractivity contribution in [1.82, 2.24) is 10.2 Å². The number of carbonyl (C=O) groups excluding carboxylic acids is 2.